The molecule has 0 aliphatic heterocycles. The Bertz CT molecular complexity index is 1320. The fourth-order valence-corrected chi connectivity index (χ4v) is 4.85. The van der Waals surface area contributed by atoms with Crippen molar-refractivity contribution >= 4 is 43.9 Å². The molecule has 154 valence electrons. The molecular weight excluding hydrogens is 422 g/mol. The molecule has 0 saturated heterocycles. The molecule has 3 aromatic heterocycles. The van der Waals surface area contributed by atoms with Gasteiger partial charge in [0.1, 0.15) is 4.90 Å². The minimum Gasteiger partial charge on any atom is -0.353 e. The van der Waals surface area contributed by atoms with Crippen molar-refractivity contribution < 1.29 is 8.42 Å². The van der Waals surface area contributed by atoms with E-state index in [0.717, 1.165) is 16.6 Å². The molecular formula is C21H20ClN5O2S. The van der Waals surface area contributed by atoms with E-state index in [-0.39, 0.29) is 4.90 Å². The first-order chi connectivity index (χ1) is 14.4. The van der Waals surface area contributed by atoms with Crippen LogP contribution >= 0.6 is 11.6 Å². The summed E-state index contributed by atoms with van der Waals surface area (Å²) in [5, 5.41) is 7.50. The molecule has 7 nitrogen and oxygen atoms in total. The predicted octanol–water partition coefficient (Wildman–Crippen LogP) is 4.09. The number of pyridine rings is 2. The van der Waals surface area contributed by atoms with Crippen molar-refractivity contribution in [2.75, 3.05) is 12.4 Å². The maximum absolute atomic E-state index is 13.3. The number of hydrogen-bond acceptors (Lipinski definition) is 6. The third-order valence-electron chi connectivity index (χ3n) is 4.68. The Balaban J connectivity index is 1.85. The Kier molecular flexibility index (Phi) is 5.46. The Morgan fingerprint density at radius 3 is 2.70 bits per heavy atom. The van der Waals surface area contributed by atoms with E-state index < -0.39 is 10.0 Å². The van der Waals surface area contributed by atoms with Gasteiger partial charge in [-0.15, -0.1) is 0 Å². The van der Waals surface area contributed by atoms with Crippen LogP contribution in [-0.4, -0.2) is 29.4 Å². The van der Waals surface area contributed by atoms with Crippen LogP contribution in [0.15, 0.2) is 66.0 Å². The van der Waals surface area contributed by atoms with E-state index in [1.54, 1.807) is 24.5 Å². The number of nitrogens with one attached hydrogen (secondary N) is 2. The summed E-state index contributed by atoms with van der Waals surface area (Å²) in [6, 6.07) is 12.4. The van der Waals surface area contributed by atoms with Gasteiger partial charge in [0, 0.05) is 41.9 Å². The van der Waals surface area contributed by atoms with Crippen LogP contribution in [0.3, 0.4) is 0 Å². The standard InChI is InChI=1S/C21H20ClN5O2S/c1-14-5-8-19(21(22)25-14)26-16-6-7-18-15(11-23-2)13-27(20(18)10-16)30(28,29)17-4-3-9-24-12-17/h3-10,12-13,23,26H,11H2,1-2H3. The van der Waals surface area contributed by atoms with Gasteiger partial charge in [-0.1, -0.05) is 17.7 Å². The summed E-state index contributed by atoms with van der Waals surface area (Å²) in [5.74, 6) is 0. The number of benzene rings is 1. The van der Waals surface area contributed by atoms with Gasteiger partial charge in [0.05, 0.1) is 11.2 Å². The number of hydrogen-bond donors (Lipinski definition) is 2. The van der Waals surface area contributed by atoms with Crippen LogP contribution in [0.2, 0.25) is 5.15 Å². The van der Waals surface area contributed by atoms with Crippen LogP contribution in [-0.2, 0) is 16.6 Å². The van der Waals surface area contributed by atoms with Crippen LogP contribution in [0.4, 0.5) is 11.4 Å². The molecule has 0 unspecified atom stereocenters. The van der Waals surface area contributed by atoms with E-state index in [4.69, 9.17) is 11.6 Å². The summed E-state index contributed by atoms with van der Waals surface area (Å²) in [4.78, 5) is 8.32. The van der Waals surface area contributed by atoms with Crippen molar-refractivity contribution in [1.29, 1.82) is 0 Å². The number of halogens is 1. The molecule has 0 amide bonds. The molecule has 30 heavy (non-hydrogen) atoms. The van der Waals surface area contributed by atoms with Gasteiger partial charge < -0.3 is 10.6 Å². The molecule has 0 spiro atoms. The average molecular weight is 442 g/mol. The first-order valence-corrected chi connectivity index (χ1v) is 11.1. The minimum absolute atomic E-state index is 0.127. The molecule has 9 heteroatoms. The quantitative estimate of drug-likeness (QED) is 0.438. The van der Waals surface area contributed by atoms with Gasteiger partial charge in [0.15, 0.2) is 5.15 Å². The number of rotatable bonds is 6. The molecule has 1 aromatic carbocycles. The molecule has 2 N–H and O–H groups in total. The summed E-state index contributed by atoms with van der Waals surface area (Å²) >= 11 is 6.24. The van der Waals surface area contributed by atoms with Gasteiger partial charge in [0.25, 0.3) is 10.0 Å². The van der Waals surface area contributed by atoms with E-state index in [1.807, 2.05) is 38.2 Å². The normalized spacial score (nSPS) is 11.7. The maximum atomic E-state index is 13.3. The maximum Gasteiger partial charge on any atom is 0.269 e. The van der Waals surface area contributed by atoms with Crippen molar-refractivity contribution in [1.82, 2.24) is 19.3 Å². The van der Waals surface area contributed by atoms with Crippen molar-refractivity contribution in [3.05, 3.63) is 77.5 Å². The van der Waals surface area contributed by atoms with Crippen LogP contribution in [0.1, 0.15) is 11.3 Å². The molecule has 3 heterocycles. The lowest BCUT2D eigenvalue weighted by Crippen LogP contribution is -2.12. The highest BCUT2D eigenvalue weighted by Crippen LogP contribution is 2.31. The predicted molar refractivity (Wildman–Crippen MR) is 119 cm³/mol. The molecule has 0 saturated carbocycles. The highest BCUT2D eigenvalue weighted by molar-refractivity contribution is 7.90. The number of aryl methyl sites for hydroxylation is 1. The van der Waals surface area contributed by atoms with Gasteiger partial charge in [-0.2, -0.15) is 0 Å². The monoisotopic (exact) mass is 441 g/mol. The highest BCUT2D eigenvalue weighted by Gasteiger charge is 2.21. The minimum atomic E-state index is -3.81. The molecule has 0 bridgehead atoms. The van der Waals surface area contributed by atoms with Gasteiger partial charge in [-0.25, -0.2) is 17.4 Å². The van der Waals surface area contributed by atoms with E-state index >= 15 is 0 Å². The molecule has 0 atom stereocenters. The van der Waals surface area contributed by atoms with Crippen LogP contribution in [0.25, 0.3) is 10.9 Å². The average Bonchev–Trinajstić information content (AvgIpc) is 3.10. The molecule has 4 aromatic rings. The Labute approximate surface area is 179 Å². The van der Waals surface area contributed by atoms with Crippen LogP contribution in [0.5, 0.6) is 0 Å². The van der Waals surface area contributed by atoms with E-state index in [0.29, 0.717) is 28.6 Å². The fraction of sp³-hybridized carbons (Fsp3) is 0.143. The topological polar surface area (TPSA) is 88.9 Å². The summed E-state index contributed by atoms with van der Waals surface area (Å²) in [5.41, 5.74) is 3.60. The fourth-order valence-electron chi connectivity index (χ4n) is 3.26. The molecule has 0 aliphatic rings. The summed E-state index contributed by atoms with van der Waals surface area (Å²) in [7, 11) is -1.99. The second-order valence-electron chi connectivity index (χ2n) is 6.82. The lowest BCUT2D eigenvalue weighted by Gasteiger charge is -2.11. The third-order valence-corrected chi connectivity index (χ3v) is 6.62. The molecule has 4 rings (SSSR count). The Morgan fingerprint density at radius 1 is 1.17 bits per heavy atom. The van der Waals surface area contributed by atoms with E-state index in [9.17, 15) is 8.42 Å². The van der Waals surface area contributed by atoms with Crippen LogP contribution < -0.4 is 10.6 Å². The Morgan fingerprint density at radius 2 is 2.00 bits per heavy atom. The van der Waals surface area contributed by atoms with Crippen molar-refractivity contribution in [2.24, 2.45) is 0 Å². The van der Waals surface area contributed by atoms with Gasteiger partial charge in [-0.3, -0.25) is 4.98 Å². The molecule has 0 radical (unpaired) electrons. The number of fused-ring (bicyclic) bond motifs is 1. The SMILES string of the molecule is CNCc1cn(S(=O)(=O)c2cccnc2)c2cc(Nc3ccc(C)nc3Cl)ccc12. The summed E-state index contributed by atoms with van der Waals surface area (Å²) < 4.78 is 27.9. The zero-order valence-corrected chi connectivity index (χ0v) is 18.0. The Hall–Kier alpha value is -2.94. The second-order valence-corrected chi connectivity index (χ2v) is 9.00. The smallest absolute Gasteiger partial charge is 0.269 e. The first kappa shape index (κ1) is 20.3. The van der Waals surface area contributed by atoms with E-state index in [2.05, 4.69) is 20.6 Å². The second kappa shape index (κ2) is 8.06. The third kappa shape index (κ3) is 3.77. The molecule has 0 aliphatic carbocycles. The van der Waals surface area contributed by atoms with Gasteiger partial charge in [0.2, 0.25) is 0 Å². The first-order valence-electron chi connectivity index (χ1n) is 9.24. The number of aromatic nitrogens is 3. The highest BCUT2D eigenvalue weighted by atomic mass is 35.5. The lowest BCUT2D eigenvalue weighted by molar-refractivity contribution is 0.588. The van der Waals surface area contributed by atoms with E-state index in [1.165, 1.54) is 16.2 Å². The summed E-state index contributed by atoms with van der Waals surface area (Å²) in [6.07, 6.45) is 4.53. The zero-order chi connectivity index (χ0) is 21.3. The number of anilines is 2. The molecule has 0 fully saturated rings. The largest absolute Gasteiger partial charge is 0.353 e. The zero-order valence-electron chi connectivity index (χ0n) is 16.4. The van der Waals surface area contributed by atoms with Crippen LogP contribution in [0, 0.1) is 6.92 Å². The van der Waals surface area contributed by atoms with Crippen molar-refractivity contribution in [3.63, 3.8) is 0 Å². The lowest BCUT2D eigenvalue weighted by atomic mass is 10.1. The summed E-state index contributed by atoms with van der Waals surface area (Å²) in [6.45, 7) is 2.40. The number of nitrogens with zero attached hydrogens (tertiary/aromatic N) is 3. The van der Waals surface area contributed by atoms with Gasteiger partial charge >= 0.3 is 0 Å². The van der Waals surface area contributed by atoms with Gasteiger partial charge in [-0.05, 0) is 55.9 Å². The van der Waals surface area contributed by atoms with Crippen molar-refractivity contribution in [2.45, 2.75) is 18.4 Å². The van der Waals surface area contributed by atoms with Crippen molar-refractivity contribution in [3.8, 4) is 0 Å².